The second-order valence-corrected chi connectivity index (χ2v) is 4.77. The molecule has 1 saturated carbocycles. The monoisotopic (exact) mass is 272 g/mol. The lowest BCUT2D eigenvalue weighted by Gasteiger charge is -2.06. The zero-order valence-corrected chi connectivity index (χ0v) is 11.0. The highest BCUT2D eigenvalue weighted by Gasteiger charge is 2.45. The van der Waals surface area contributed by atoms with Crippen LogP contribution >= 0.6 is 0 Å². The van der Waals surface area contributed by atoms with E-state index in [1.807, 2.05) is 12.1 Å². The number of carbonyl (C=O) groups is 1. The van der Waals surface area contributed by atoms with Crippen molar-refractivity contribution < 1.29 is 9.21 Å². The molecule has 0 bridgehead atoms. The lowest BCUT2D eigenvalue weighted by Crippen LogP contribution is -2.30. The Bertz CT molecular complexity index is 556. The summed E-state index contributed by atoms with van der Waals surface area (Å²) in [6.07, 6.45) is 7.41. The number of rotatable bonds is 6. The number of aromatic nitrogens is 2. The average molecular weight is 272 g/mol. The van der Waals surface area contributed by atoms with Crippen LogP contribution in [0.5, 0.6) is 0 Å². The van der Waals surface area contributed by atoms with Crippen LogP contribution in [0.1, 0.15) is 18.1 Å². The SMILES string of the molecule is O=C(NCCNc1cnccn1)C1CC1c1ccco1. The van der Waals surface area contributed by atoms with Crippen molar-refractivity contribution in [3.63, 3.8) is 0 Å². The number of carbonyl (C=O) groups excluding carboxylic acids is 1. The molecule has 3 rings (SSSR count). The van der Waals surface area contributed by atoms with Crippen LogP contribution in [0, 0.1) is 5.92 Å². The topological polar surface area (TPSA) is 80.0 Å². The first-order valence-electron chi connectivity index (χ1n) is 6.65. The molecule has 1 aliphatic carbocycles. The van der Waals surface area contributed by atoms with E-state index < -0.39 is 0 Å². The van der Waals surface area contributed by atoms with E-state index >= 15 is 0 Å². The maximum absolute atomic E-state index is 11.9. The van der Waals surface area contributed by atoms with Crippen molar-refractivity contribution in [1.82, 2.24) is 15.3 Å². The zero-order chi connectivity index (χ0) is 13.8. The van der Waals surface area contributed by atoms with Gasteiger partial charge in [0.15, 0.2) is 0 Å². The van der Waals surface area contributed by atoms with Gasteiger partial charge in [0.1, 0.15) is 11.6 Å². The van der Waals surface area contributed by atoms with Gasteiger partial charge in [-0.1, -0.05) is 0 Å². The molecule has 1 amide bonds. The summed E-state index contributed by atoms with van der Waals surface area (Å²) in [5.74, 6) is 2.01. The summed E-state index contributed by atoms with van der Waals surface area (Å²) in [7, 11) is 0. The van der Waals surface area contributed by atoms with Crippen LogP contribution in [0.25, 0.3) is 0 Å². The number of hydrogen-bond donors (Lipinski definition) is 2. The molecule has 2 aromatic heterocycles. The Balaban J connectivity index is 1.36. The lowest BCUT2D eigenvalue weighted by atomic mass is 10.2. The van der Waals surface area contributed by atoms with Crippen LogP contribution in [-0.4, -0.2) is 29.0 Å². The quantitative estimate of drug-likeness (QED) is 0.777. The molecule has 2 heterocycles. The first-order valence-corrected chi connectivity index (χ1v) is 6.65. The molecule has 0 spiro atoms. The van der Waals surface area contributed by atoms with Gasteiger partial charge >= 0.3 is 0 Å². The number of hydrogen-bond acceptors (Lipinski definition) is 5. The molecule has 2 aromatic rings. The standard InChI is InChI=1S/C14H16N4O2/c19-14(11-8-10(11)12-2-1-7-20-12)18-6-5-17-13-9-15-3-4-16-13/h1-4,7,9-11H,5-6,8H2,(H,16,17)(H,18,19). The van der Waals surface area contributed by atoms with Crippen molar-refractivity contribution in [2.24, 2.45) is 5.92 Å². The smallest absolute Gasteiger partial charge is 0.223 e. The summed E-state index contributed by atoms with van der Waals surface area (Å²) >= 11 is 0. The van der Waals surface area contributed by atoms with Crippen LogP contribution in [0.2, 0.25) is 0 Å². The number of nitrogens with one attached hydrogen (secondary N) is 2. The minimum absolute atomic E-state index is 0.0534. The fourth-order valence-corrected chi connectivity index (χ4v) is 2.20. The fourth-order valence-electron chi connectivity index (χ4n) is 2.20. The Kier molecular flexibility index (Phi) is 3.62. The summed E-state index contributed by atoms with van der Waals surface area (Å²) in [6, 6.07) is 3.78. The first kappa shape index (κ1) is 12.7. The van der Waals surface area contributed by atoms with E-state index in [9.17, 15) is 4.79 Å². The van der Waals surface area contributed by atoms with Gasteiger partial charge in [-0.3, -0.25) is 9.78 Å². The molecule has 0 aliphatic heterocycles. The Morgan fingerprint density at radius 3 is 3.10 bits per heavy atom. The highest BCUT2D eigenvalue weighted by molar-refractivity contribution is 5.82. The number of nitrogens with zero attached hydrogens (tertiary/aromatic N) is 2. The van der Waals surface area contributed by atoms with Gasteiger partial charge in [0.25, 0.3) is 0 Å². The van der Waals surface area contributed by atoms with Crippen LogP contribution in [0.3, 0.4) is 0 Å². The van der Waals surface area contributed by atoms with Gasteiger partial charge in [-0.2, -0.15) is 0 Å². The Morgan fingerprint density at radius 2 is 2.35 bits per heavy atom. The molecule has 20 heavy (non-hydrogen) atoms. The van der Waals surface area contributed by atoms with Crippen LogP contribution in [0.15, 0.2) is 41.4 Å². The minimum Gasteiger partial charge on any atom is -0.469 e. The van der Waals surface area contributed by atoms with Crippen LogP contribution < -0.4 is 10.6 Å². The predicted molar refractivity (Wildman–Crippen MR) is 73.1 cm³/mol. The molecule has 6 nitrogen and oxygen atoms in total. The summed E-state index contributed by atoms with van der Waals surface area (Å²) in [5.41, 5.74) is 0. The maximum atomic E-state index is 11.9. The predicted octanol–water partition coefficient (Wildman–Crippen LogP) is 1.40. The average Bonchev–Trinajstić information content (AvgIpc) is 3.10. The van der Waals surface area contributed by atoms with Gasteiger partial charge in [0.2, 0.25) is 5.91 Å². The minimum atomic E-state index is 0.0534. The van der Waals surface area contributed by atoms with E-state index in [-0.39, 0.29) is 17.7 Å². The van der Waals surface area contributed by atoms with E-state index in [1.54, 1.807) is 24.9 Å². The number of furan rings is 1. The van der Waals surface area contributed by atoms with Gasteiger partial charge in [-0.15, -0.1) is 0 Å². The summed E-state index contributed by atoms with van der Waals surface area (Å²) in [4.78, 5) is 20.0. The van der Waals surface area contributed by atoms with E-state index in [4.69, 9.17) is 4.42 Å². The third kappa shape index (κ3) is 2.96. The van der Waals surface area contributed by atoms with Gasteiger partial charge in [0, 0.05) is 37.3 Å². The molecular weight excluding hydrogens is 256 g/mol. The Labute approximate surface area is 116 Å². The zero-order valence-electron chi connectivity index (χ0n) is 11.0. The van der Waals surface area contributed by atoms with E-state index in [2.05, 4.69) is 20.6 Å². The second-order valence-electron chi connectivity index (χ2n) is 4.77. The molecule has 1 fully saturated rings. The molecule has 1 aliphatic rings. The summed E-state index contributed by atoms with van der Waals surface area (Å²) < 4.78 is 5.31. The molecule has 2 unspecified atom stereocenters. The van der Waals surface area contributed by atoms with Crippen molar-refractivity contribution in [1.29, 1.82) is 0 Å². The fraction of sp³-hybridized carbons (Fsp3) is 0.357. The number of amides is 1. The van der Waals surface area contributed by atoms with Crippen LogP contribution in [-0.2, 0) is 4.79 Å². The molecule has 2 N–H and O–H groups in total. The largest absolute Gasteiger partial charge is 0.469 e. The van der Waals surface area contributed by atoms with Gasteiger partial charge in [0.05, 0.1) is 12.5 Å². The summed E-state index contributed by atoms with van der Waals surface area (Å²) in [6.45, 7) is 1.19. The molecule has 0 aromatic carbocycles. The van der Waals surface area contributed by atoms with Gasteiger partial charge < -0.3 is 15.1 Å². The third-order valence-corrected chi connectivity index (χ3v) is 3.33. The van der Waals surface area contributed by atoms with E-state index in [1.165, 1.54) is 0 Å². The first-order chi connectivity index (χ1) is 9.84. The van der Waals surface area contributed by atoms with Crippen molar-refractivity contribution in [2.75, 3.05) is 18.4 Å². The second kappa shape index (κ2) is 5.73. The molecule has 0 saturated heterocycles. The molecule has 2 atom stereocenters. The van der Waals surface area contributed by atoms with Crippen molar-refractivity contribution in [3.8, 4) is 0 Å². The van der Waals surface area contributed by atoms with Crippen LogP contribution in [0.4, 0.5) is 5.82 Å². The van der Waals surface area contributed by atoms with Crippen molar-refractivity contribution in [3.05, 3.63) is 42.7 Å². The summed E-state index contributed by atoms with van der Waals surface area (Å²) in [5, 5.41) is 6.01. The van der Waals surface area contributed by atoms with Crippen molar-refractivity contribution >= 4 is 11.7 Å². The van der Waals surface area contributed by atoms with Crippen molar-refractivity contribution in [2.45, 2.75) is 12.3 Å². The lowest BCUT2D eigenvalue weighted by molar-refractivity contribution is -0.122. The molecule has 104 valence electrons. The maximum Gasteiger partial charge on any atom is 0.223 e. The van der Waals surface area contributed by atoms with E-state index in [0.717, 1.165) is 12.2 Å². The Morgan fingerprint density at radius 1 is 1.40 bits per heavy atom. The molecular formula is C14H16N4O2. The molecule has 0 radical (unpaired) electrons. The number of anilines is 1. The highest BCUT2D eigenvalue weighted by Crippen LogP contribution is 2.47. The molecule has 6 heteroatoms. The third-order valence-electron chi connectivity index (χ3n) is 3.33. The Hall–Kier alpha value is -2.37. The van der Waals surface area contributed by atoms with Gasteiger partial charge in [-0.25, -0.2) is 4.98 Å². The highest BCUT2D eigenvalue weighted by atomic mass is 16.3. The normalized spacial score (nSPS) is 20.4. The van der Waals surface area contributed by atoms with Gasteiger partial charge in [-0.05, 0) is 18.6 Å². The van der Waals surface area contributed by atoms with E-state index in [0.29, 0.717) is 18.9 Å².